The lowest BCUT2D eigenvalue weighted by atomic mass is 10.1. The van der Waals surface area contributed by atoms with Crippen molar-refractivity contribution in [1.29, 1.82) is 0 Å². The maximum absolute atomic E-state index is 13.1. The minimum absolute atomic E-state index is 0.0389. The normalized spacial score (nSPS) is 10.7. The molecule has 0 bridgehead atoms. The molecule has 1 aromatic rings. The van der Waals surface area contributed by atoms with Gasteiger partial charge < -0.3 is 5.73 Å². The minimum atomic E-state index is -0.626. The molecular formula is C9H9FN2O2. The Labute approximate surface area is 80.0 Å². The molecule has 0 aliphatic rings. The monoisotopic (exact) mass is 196 g/mol. The van der Waals surface area contributed by atoms with Crippen molar-refractivity contribution in [3.8, 4) is 0 Å². The van der Waals surface area contributed by atoms with Crippen molar-refractivity contribution in [2.75, 3.05) is 6.54 Å². The van der Waals surface area contributed by atoms with E-state index in [1.165, 1.54) is 30.4 Å². The molecule has 0 amide bonds. The Kier molecular flexibility index (Phi) is 3.30. The number of hydrogen-bond donors (Lipinski definition) is 1. The fraction of sp³-hybridized carbons (Fsp3) is 0.111. The highest BCUT2D eigenvalue weighted by Gasteiger charge is 2.14. The van der Waals surface area contributed by atoms with Gasteiger partial charge in [-0.2, -0.15) is 0 Å². The molecule has 14 heavy (non-hydrogen) atoms. The number of nitrogens with zero attached hydrogens (tertiary/aromatic N) is 1. The van der Waals surface area contributed by atoms with Gasteiger partial charge >= 0.3 is 0 Å². The van der Waals surface area contributed by atoms with Crippen molar-refractivity contribution >= 4 is 11.8 Å². The van der Waals surface area contributed by atoms with Gasteiger partial charge in [0, 0.05) is 12.6 Å². The average Bonchev–Trinajstić information content (AvgIpc) is 2.15. The number of halogens is 1. The molecule has 0 unspecified atom stereocenters. The van der Waals surface area contributed by atoms with Crippen molar-refractivity contribution in [2.45, 2.75) is 0 Å². The summed E-state index contributed by atoms with van der Waals surface area (Å²) < 4.78 is 13.1. The lowest BCUT2D eigenvalue weighted by Crippen LogP contribution is -1.96. The smallest absolute Gasteiger partial charge is 0.279 e. The third-order valence-corrected chi connectivity index (χ3v) is 1.65. The summed E-state index contributed by atoms with van der Waals surface area (Å²) in [5.41, 5.74) is 4.88. The van der Waals surface area contributed by atoms with E-state index in [1.807, 2.05) is 0 Å². The SMILES string of the molecule is NC/C=C/c1c(F)cccc1[N+](=O)[O-]. The maximum Gasteiger partial charge on any atom is 0.279 e. The van der Waals surface area contributed by atoms with Crippen LogP contribution in [0.5, 0.6) is 0 Å². The molecule has 1 rings (SSSR count). The van der Waals surface area contributed by atoms with Crippen LogP contribution >= 0.6 is 0 Å². The van der Waals surface area contributed by atoms with Gasteiger partial charge in [0.1, 0.15) is 5.82 Å². The molecule has 0 atom stereocenters. The van der Waals surface area contributed by atoms with Gasteiger partial charge in [-0.15, -0.1) is 0 Å². The standard InChI is InChI=1S/C9H9FN2O2/c10-8-4-1-5-9(12(13)14)7(8)3-2-6-11/h1-5H,6,11H2/b3-2+. The zero-order valence-corrected chi connectivity index (χ0v) is 7.31. The number of nitro benzene ring substituents is 1. The molecule has 0 spiro atoms. The van der Waals surface area contributed by atoms with Crippen LogP contribution in [0.2, 0.25) is 0 Å². The fourth-order valence-corrected chi connectivity index (χ4v) is 1.04. The first kappa shape index (κ1) is 10.3. The molecular weight excluding hydrogens is 187 g/mol. The van der Waals surface area contributed by atoms with E-state index in [4.69, 9.17) is 5.73 Å². The Morgan fingerprint density at radius 3 is 2.86 bits per heavy atom. The molecule has 5 heteroatoms. The van der Waals surface area contributed by atoms with E-state index < -0.39 is 10.7 Å². The summed E-state index contributed by atoms with van der Waals surface area (Å²) in [5.74, 6) is -0.621. The maximum atomic E-state index is 13.1. The van der Waals surface area contributed by atoms with Crippen molar-refractivity contribution in [3.05, 3.63) is 45.8 Å². The third-order valence-electron chi connectivity index (χ3n) is 1.65. The zero-order valence-electron chi connectivity index (χ0n) is 7.31. The summed E-state index contributed by atoms with van der Waals surface area (Å²) in [5, 5.41) is 10.5. The predicted molar refractivity (Wildman–Crippen MR) is 51.1 cm³/mol. The van der Waals surface area contributed by atoms with E-state index >= 15 is 0 Å². The molecule has 0 radical (unpaired) electrons. The van der Waals surface area contributed by atoms with Gasteiger partial charge in [0.25, 0.3) is 5.69 Å². The van der Waals surface area contributed by atoms with Gasteiger partial charge in [0.05, 0.1) is 10.5 Å². The molecule has 0 fully saturated rings. The van der Waals surface area contributed by atoms with Crippen molar-refractivity contribution < 1.29 is 9.31 Å². The molecule has 0 saturated carbocycles. The molecule has 0 aliphatic heterocycles. The van der Waals surface area contributed by atoms with E-state index in [2.05, 4.69) is 0 Å². The summed E-state index contributed by atoms with van der Waals surface area (Å²) in [7, 11) is 0. The second-order valence-electron chi connectivity index (χ2n) is 2.57. The van der Waals surface area contributed by atoms with Crippen molar-refractivity contribution in [2.24, 2.45) is 5.73 Å². The quantitative estimate of drug-likeness (QED) is 0.591. The van der Waals surface area contributed by atoms with E-state index in [9.17, 15) is 14.5 Å². The Bertz CT molecular complexity index is 377. The fourth-order valence-electron chi connectivity index (χ4n) is 1.04. The van der Waals surface area contributed by atoms with Gasteiger partial charge in [-0.3, -0.25) is 10.1 Å². The number of nitrogens with two attached hydrogens (primary N) is 1. The van der Waals surface area contributed by atoms with Crippen LogP contribution in [0.3, 0.4) is 0 Å². The number of rotatable bonds is 3. The summed E-state index contributed by atoms with van der Waals surface area (Å²) in [4.78, 5) is 9.89. The van der Waals surface area contributed by atoms with Crippen LogP contribution in [0, 0.1) is 15.9 Å². The first-order valence-corrected chi connectivity index (χ1v) is 3.96. The van der Waals surface area contributed by atoms with Gasteiger partial charge in [-0.1, -0.05) is 12.1 Å². The Hall–Kier alpha value is -1.75. The van der Waals surface area contributed by atoms with Crippen LogP contribution in [0.25, 0.3) is 6.08 Å². The van der Waals surface area contributed by atoms with E-state index in [-0.39, 0.29) is 17.8 Å². The molecule has 2 N–H and O–H groups in total. The third kappa shape index (κ3) is 2.14. The molecule has 0 heterocycles. The number of benzene rings is 1. The second-order valence-corrected chi connectivity index (χ2v) is 2.57. The largest absolute Gasteiger partial charge is 0.327 e. The molecule has 0 saturated heterocycles. The molecule has 0 aliphatic carbocycles. The van der Waals surface area contributed by atoms with Gasteiger partial charge in [0.15, 0.2) is 0 Å². The zero-order chi connectivity index (χ0) is 10.6. The number of nitro groups is 1. The lowest BCUT2D eigenvalue weighted by Gasteiger charge is -1.98. The molecule has 0 aromatic heterocycles. The van der Waals surface area contributed by atoms with Crippen molar-refractivity contribution in [1.82, 2.24) is 0 Å². The van der Waals surface area contributed by atoms with Gasteiger partial charge in [-0.05, 0) is 12.1 Å². The second kappa shape index (κ2) is 4.48. The first-order valence-electron chi connectivity index (χ1n) is 3.96. The van der Waals surface area contributed by atoms with Crippen LogP contribution in [-0.4, -0.2) is 11.5 Å². The predicted octanol–water partition coefficient (Wildman–Crippen LogP) is 1.71. The first-order chi connectivity index (χ1) is 6.66. The van der Waals surface area contributed by atoms with Crippen LogP contribution in [-0.2, 0) is 0 Å². The minimum Gasteiger partial charge on any atom is -0.327 e. The van der Waals surface area contributed by atoms with Crippen LogP contribution in [0.4, 0.5) is 10.1 Å². The van der Waals surface area contributed by atoms with Crippen LogP contribution in [0.15, 0.2) is 24.3 Å². The summed E-state index contributed by atoms with van der Waals surface area (Å²) in [6, 6.07) is 3.72. The summed E-state index contributed by atoms with van der Waals surface area (Å²) in [6.45, 7) is 0.214. The average molecular weight is 196 g/mol. The molecule has 74 valence electrons. The molecule has 4 nitrogen and oxygen atoms in total. The highest BCUT2D eigenvalue weighted by molar-refractivity contribution is 5.61. The Morgan fingerprint density at radius 2 is 2.29 bits per heavy atom. The highest BCUT2D eigenvalue weighted by Crippen LogP contribution is 2.22. The Balaban J connectivity index is 3.22. The number of hydrogen-bond acceptors (Lipinski definition) is 3. The van der Waals surface area contributed by atoms with Gasteiger partial charge in [0.2, 0.25) is 0 Å². The molecule has 1 aromatic carbocycles. The summed E-state index contributed by atoms with van der Waals surface area (Å²) >= 11 is 0. The topological polar surface area (TPSA) is 69.2 Å². The Morgan fingerprint density at radius 1 is 1.57 bits per heavy atom. The van der Waals surface area contributed by atoms with E-state index in [1.54, 1.807) is 0 Å². The van der Waals surface area contributed by atoms with Crippen LogP contribution in [0.1, 0.15) is 5.56 Å². The van der Waals surface area contributed by atoms with Crippen molar-refractivity contribution in [3.63, 3.8) is 0 Å². The van der Waals surface area contributed by atoms with Crippen LogP contribution < -0.4 is 5.73 Å². The summed E-state index contributed by atoms with van der Waals surface area (Å²) in [6.07, 6.45) is 2.78. The van der Waals surface area contributed by atoms with Gasteiger partial charge in [-0.25, -0.2) is 4.39 Å². The lowest BCUT2D eigenvalue weighted by molar-refractivity contribution is -0.385. The van der Waals surface area contributed by atoms with E-state index in [0.29, 0.717) is 0 Å². The highest BCUT2D eigenvalue weighted by atomic mass is 19.1. The van der Waals surface area contributed by atoms with E-state index in [0.717, 1.165) is 0 Å².